The van der Waals surface area contributed by atoms with Crippen molar-refractivity contribution in [3.8, 4) is 0 Å². The van der Waals surface area contributed by atoms with Crippen LogP contribution in [0.15, 0.2) is 28.7 Å². The van der Waals surface area contributed by atoms with Gasteiger partial charge in [0.2, 0.25) is 0 Å². The number of aryl methyl sites for hydroxylation is 1. The number of alkyl halides is 1. The molecular formula is C12H8BrCl3S. The third kappa shape index (κ3) is 2.82. The Morgan fingerprint density at radius 2 is 2.00 bits per heavy atom. The first-order valence-corrected chi connectivity index (χ1v) is 7.64. The van der Waals surface area contributed by atoms with Gasteiger partial charge in [0, 0.05) is 14.2 Å². The van der Waals surface area contributed by atoms with Crippen molar-refractivity contribution in [2.24, 2.45) is 0 Å². The summed E-state index contributed by atoms with van der Waals surface area (Å²) >= 11 is 23.8. The highest BCUT2D eigenvalue weighted by atomic mass is 79.9. The molecule has 1 atom stereocenters. The molecule has 0 aliphatic heterocycles. The Labute approximate surface area is 128 Å². The van der Waals surface area contributed by atoms with Crippen LogP contribution >= 0.6 is 62.1 Å². The van der Waals surface area contributed by atoms with E-state index >= 15 is 0 Å². The van der Waals surface area contributed by atoms with Crippen LogP contribution in [-0.2, 0) is 0 Å². The van der Waals surface area contributed by atoms with Gasteiger partial charge in [0.05, 0.1) is 15.4 Å². The maximum atomic E-state index is 6.46. The van der Waals surface area contributed by atoms with Gasteiger partial charge in [-0.3, -0.25) is 0 Å². The largest absolute Gasteiger partial charge is 0.143 e. The summed E-state index contributed by atoms with van der Waals surface area (Å²) in [6, 6.07) is 7.56. The van der Waals surface area contributed by atoms with Crippen LogP contribution in [0.4, 0.5) is 0 Å². The second-order valence-corrected chi connectivity index (χ2v) is 6.94. The monoisotopic (exact) mass is 368 g/mol. The highest BCUT2D eigenvalue weighted by Gasteiger charge is 2.20. The minimum atomic E-state index is -0.283. The van der Waals surface area contributed by atoms with Crippen LogP contribution in [0.1, 0.15) is 20.7 Å². The number of halogens is 4. The lowest BCUT2D eigenvalue weighted by Gasteiger charge is -2.11. The lowest BCUT2D eigenvalue weighted by molar-refractivity contribution is 1.17. The third-order valence-electron chi connectivity index (χ3n) is 2.32. The molecule has 0 radical (unpaired) electrons. The average Bonchev–Trinajstić information content (AvgIpc) is 2.61. The summed E-state index contributed by atoms with van der Waals surface area (Å²) < 4.78 is 1.01. The second-order valence-electron chi connectivity index (χ2n) is 3.57. The van der Waals surface area contributed by atoms with E-state index in [9.17, 15) is 0 Å². The summed E-state index contributed by atoms with van der Waals surface area (Å²) in [4.78, 5) is 2.25. The van der Waals surface area contributed by atoms with E-state index in [1.54, 1.807) is 17.4 Å². The summed E-state index contributed by atoms with van der Waals surface area (Å²) in [5.41, 5.74) is 0.836. The maximum absolute atomic E-state index is 6.46. The Bertz CT molecular complexity index is 551. The van der Waals surface area contributed by atoms with Crippen LogP contribution in [0.3, 0.4) is 0 Å². The van der Waals surface area contributed by atoms with Crippen LogP contribution in [0, 0.1) is 6.92 Å². The quantitative estimate of drug-likeness (QED) is 0.533. The van der Waals surface area contributed by atoms with Crippen molar-refractivity contribution in [3.63, 3.8) is 0 Å². The zero-order valence-electron chi connectivity index (χ0n) is 8.81. The molecule has 1 unspecified atom stereocenters. The molecule has 2 aromatic rings. The van der Waals surface area contributed by atoms with Crippen LogP contribution in [0.5, 0.6) is 0 Å². The molecule has 1 aromatic carbocycles. The Balaban J connectivity index is 2.47. The normalized spacial score (nSPS) is 12.8. The zero-order chi connectivity index (χ0) is 12.6. The summed E-state index contributed by atoms with van der Waals surface area (Å²) in [6.07, 6.45) is 0. The van der Waals surface area contributed by atoms with Gasteiger partial charge in [-0.25, -0.2) is 0 Å². The molecule has 17 heavy (non-hydrogen) atoms. The number of hydrogen-bond donors (Lipinski definition) is 0. The first-order valence-electron chi connectivity index (χ1n) is 4.84. The van der Waals surface area contributed by atoms with E-state index in [1.807, 2.05) is 25.1 Å². The van der Waals surface area contributed by atoms with Crippen molar-refractivity contribution in [2.45, 2.75) is 12.3 Å². The first kappa shape index (κ1) is 13.7. The highest BCUT2D eigenvalue weighted by Crippen LogP contribution is 2.42. The van der Waals surface area contributed by atoms with Crippen molar-refractivity contribution >= 4 is 62.1 Å². The summed E-state index contributed by atoms with van der Waals surface area (Å²) in [5, 5.41) is 0.764. The molecule has 0 aliphatic rings. The zero-order valence-corrected chi connectivity index (χ0v) is 13.5. The Morgan fingerprint density at radius 3 is 2.59 bits per heavy atom. The molecule has 0 fully saturated rings. The number of hydrogen-bond acceptors (Lipinski definition) is 1. The molecule has 0 amide bonds. The van der Waals surface area contributed by atoms with Crippen LogP contribution in [0.25, 0.3) is 0 Å². The molecule has 90 valence electrons. The van der Waals surface area contributed by atoms with Crippen molar-refractivity contribution in [3.05, 3.63) is 54.1 Å². The van der Waals surface area contributed by atoms with E-state index in [0.29, 0.717) is 10.0 Å². The van der Waals surface area contributed by atoms with Gasteiger partial charge in [-0.05, 0) is 40.5 Å². The summed E-state index contributed by atoms with van der Waals surface area (Å²) in [5.74, 6) is 0. The molecule has 2 rings (SSSR count). The van der Waals surface area contributed by atoms with Crippen LogP contribution < -0.4 is 0 Å². The van der Waals surface area contributed by atoms with E-state index in [2.05, 4.69) is 15.9 Å². The molecular weight excluding hydrogens is 362 g/mol. The average molecular weight is 371 g/mol. The minimum absolute atomic E-state index is 0.283. The van der Waals surface area contributed by atoms with Gasteiger partial charge in [0.25, 0.3) is 0 Å². The second kappa shape index (κ2) is 5.50. The van der Waals surface area contributed by atoms with Crippen molar-refractivity contribution < 1.29 is 0 Å². The number of rotatable bonds is 2. The minimum Gasteiger partial charge on any atom is -0.143 e. The van der Waals surface area contributed by atoms with Gasteiger partial charge in [-0.2, -0.15) is 0 Å². The molecule has 0 aliphatic carbocycles. The van der Waals surface area contributed by atoms with Crippen molar-refractivity contribution in [1.82, 2.24) is 0 Å². The predicted molar refractivity (Wildman–Crippen MR) is 80.9 cm³/mol. The number of thiophene rings is 1. The predicted octanol–water partition coefficient (Wildman–Crippen LogP) is 6.45. The van der Waals surface area contributed by atoms with E-state index in [-0.39, 0.29) is 5.38 Å². The van der Waals surface area contributed by atoms with Crippen LogP contribution in [-0.4, -0.2) is 0 Å². The van der Waals surface area contributed by atoms with E-state index in [0.717, 1.165) is 14.9 Å². The molecule has 1 aromatic heterocycles. The fourth-order valence-electron chi connectivity index (χ4n) is 1.53. The molecule has 0 nitrogen and oxygen atoms in total. The Morgan fingerprint density at radius 1 is 1.29 bits per heavy atom. The Hall–Kier alpha value is 0.270. The molecule has 5 heteroatoms. The SMILES string of the molecule is Cc1cc(Br)c(C(Cl)c2cccc(Cl)c2Cl)s1. The number of benzene rings is 1. The highest BCUT2D eigenvalue weighted by molar-refractivity contribution is 9.10. The fourth-order valence-corrected chi connectivity index (χ4v) is 4.45. The van der Waals surface area contributed by atoms with Crippen molar-refractivity contribution in [1.29, 1.82) is 0 Å². The standard InChI is InChI=1S/C12H8BrCl3S/c1-6-5-8(13)12(17-6)11(16)7-3-2-4-9(14)10(7)15/h2-5,11H,1H3. The lowest BCUT2D eigenvalue weighted by Crippen LogP contribution is -1.92. The van der Waals surface area contributed by atoms with Crippen LogP contribution in [0.2, 0.25) is 10.0 Å². The molecule has 0 spiro atoms. The van der Waals surface area contributed by atoms with Gasteiger partial charge >= 0.3 is 0 Å². The molecule has 0 saturated heterocycles. The van der Waals surface area contributed by atoms with Gasteiger partial charge < -0.3 is 0 Å². The Kier molecular flexibility index (Phi) is 4.43. The van der Waals surface area contributed by atoms with E-state index < -0.39 is 0 Å². The fraction of sp³-hybridized carbons (Fsp3) is 0.167. The smallest absolute Gasteiger partial charge is 0.0954 e. The van der Waals surface area contributed by atoms with E-state index in [1.165, 1.54) is 4.88 Å². The summed E-state index contributed by atoms with van der Waals surface area (Å²) in [6.45, 7) is 2.04. The lowest BCUT2D eigenvalue weighted by atomic mass is 10.1. The molecule has 0 bridgehead atoms. The van der Waals surface area contributed by atoms with Gasteiger partial charge in [-0.15, -0.1) is 22.9 Å². The first-order chi connectivity index (χ1) is 8.00. The van der Waals surface area contributed by atoms with Crippen molar-refractivity contribution in [2.75, 3.05) is 0 Å². The van der Waals surface area contributed by atoms with Gasteiger partial charge in [0.15, 0.2) is 0 Å². The van der Waals surface area contributed by atoms with E-state index in [4.69, 9.17) is 34.8 Å². The van der Waals surface area contributed by atoms with Gasteiger partial charge in [0.1, 0.15) is 0 Å². The molecule has 0 N–H and O–H groups in total. The summed E-state index contributed by atoms with van der Waals surface area (Å²) in [7, 11) is 0. The molecule has 1 heterocycles. The van der Waals surface area contributed by atoms with Gasteiger partial charge in [-0.1, -0.05) is 35.3 Å². The topological polar surface area (TPSA) is 0 Å². The maximum Gasteiger partial charge on any atom is 0.0954 e. The third-order valence-corrected chi connectivity index (χ3v) is 5.77. The molecule has 0 saturated carbocycles.